The summed E-state index contributed by atoms with van der Waals surface area (Å²) in [6, 6.07) is 7.35. The van der Waals surface area contributed by atoms with Crippen molar-refractivity contribution >= 4 is 5.97 Å². The van der Waals surface area contributed by atoms with Gasteiger partial charge in [0.05, 0.1) is 7.11 Å². The molecule has 0 saturated carbocycles. The summed E-state index contributed by atoms with van der Waals surface area (Å²) < 4.78 is 5.17. The number of methoxy groups -OCH3 is 1. The van der Waals surface area contributed by atoms with Crippen molar-refractivity contribution in [3.63, 3.8) is 0 Å². The van der Waals surface area contributed by atoms with E-state index in [0.717, 1.165) is 16.9 Å². The van der Waals surface area contributed by atoms with Gasteiger partial charge in [-0.15, -0.1) is 0 Å². The van der Waals surface area contributed by atoms with Gasteiger partial charge in [-0.3, -0.25) is 0 Å². The maximum absolute atomic E-state index is 11.0. The van der Waals surface area contributed by atoms with Crippen molar-refractivity contribution in [2.75, 3.05) is 7.11 Å². The number of carboxylic acid groups (broad SMARTS) is 1. The first kappa shape index (κ1) is 11.3. The van der Waals surface area contributed by atoms with E-state index in [2.05, 4.69) is 4.98 Å². The summed E-state index contributed by atoms with van der Waals surface area (Å²) in [5.41, 5.74) is 2.72. The standard InChI is InChI=1S/C13H13NO3/c1-8-7-9(3-4-11(8)17-2)10-5-6-14-12(10)13(15)16/h3-7,14H,1-2H3,(H,15,16). The molecule has 88 valence electrons. The van der Waals surface area contributed by atoms with Gasteiger partial charge in [0.25, 0.3) is 0 Å². The van der Waals surface area contributed by atoms with Gasteiger partial charge in [-0.25, -0.2) is 4.79 Å². The van der Waals surface area contributed by atoms with Crippen molar-refractivity contribution < 1.29 is 14.6 Å². The Morgan fingerprint density at radius 3 is 2.71 bits per heavy atom. The molecule has 1 heterocycles. The second-order valence-corrected chi connectivity index (χ2v) is 3.76. The molecule has 2 N–H and O–H groups in total. The Bertz CT molecular complexity index is 558. The fourth-order valence-electron chi connectivity index (χ4n) is 1.83. The highest BCUT2D eigenvalue weighted by Gasteiger charge is 2.13. The highest BCUT2D eigenvalue weighted by molar-refractivity contribution is 5.94. The van der Waals surface area contributed by atoms with Gasteiger partial charge in [-0.1, -0.05) is 6.07 Å². The molecule has 0 aliphatic heterocycles. The van der Waals surface area contributed by atoms with Crippen LogP contribution in [0.4, 0.5) is 0 Å². The van der Waals surface area contributed by atoms with Gasteiger partial charge < -0.3 is 14.8 Å². The molecule has 2 rings (SSSR count). The van der Waals surface area contributed by atoms with Crippen LogP contribution in [0.25, 0.3) is 11.1 Å². The van der Waals surface area contributed by atoms with Crippen molar-refractivity contribution in [3.8, 4) is 16.9 Å². The minimum Gasteiger partial charge on any atom is -0.496 e. The molecule has 0 saturated heterocycles. The molecular weight excluding hydrogens is 218 g/mol. The number of hydrogen-bond acceptors (Lipinski definition) is 2. The van der Waals surface area contributed by atoms with Crippen molar-refractivity contribution in [2.45, 2.75) is 6.92 Å². The topological polar surface area (TPSA) is 62.3 Å². The number of aryl methyl sites for hydroxylation is 1. The van der Waals surface area contributed by atoms with Crippen LogP contribution < -0.4 is 4.74 Å². The minimum atomic E-state index is -0.960. The molecule has 1 aromatic heterocycles. The smallest absolute Gasteiger partial charge is 0.352 e. The second-order valence-electron chi connectivity index (χ2n) is 3.76. The largest absolute Gasteiger partial charge is 0.496 e. The minimum absolute atomic E-state index is 0.203. The number of carbonyl (C=O) groups is 1. The number of hydrogen-bond donors (Lipinski definition) is 2. The van der Waals surface area contributed by atoms with Gasteiger partial charge >= 0.3 is 5.97 Å². The number of aromatic amines is 1. The highest BCUT2D eigenvalue weighted by atomic mass is 16.5. The zero-order chi connectivity index (χ0) is 12.4. The summed E-state index contributed by atoms with van der Waals surface area (Å²) in [5, 5.41) is 9.03. The van der Waals surface area contributed by atoms with Gasteiger partial charge in [0.2, 0.25) is 0 Å². The molecule has 1 aromatic carbocycles. The molecule has 0 amide bonds. The van der Waals surface area contributed by atoms with E-state index >= 15 is 0 Å². The maximum atomic E-state index is 11.0. The third-order valence-corrected chi connectivity index (χ3v) is 2.67. The lowest BCUT2D eigenvalue weighted by Crippen LogP contribution is -1.98. The highest BCUT2D eigenvalue weighted by Crippen LogP contribution is 2.28. The Morgan fingerprint density at radius 1 is 1.35 bits per heavy atom. The van der Waals surface area contributed by atoms with Crippen molar-refractivity contribution in [1.29, 1.82) is 0 Å². The van der Waals surface area contributed by atoms with E-state index in [1.807, 2.05) is 25.1 Å². The number of rotatable bonds is 3. The lowest BCUT2D eigenvalue weighted by Gasteiger charge is -2.07. The number of aromatic nitrogens is 1. The van der Waals surface area contributed by atoms with Gasteiger partial charge in [0.15, 0.2) is 0 Å². The van der Waals surface area contributed by atoms with E-state index in [9.17, 15) is 4.79 Å². The van der Waals surface area contributed by atoms with Crippen LogP contribution in [0.5, 0.6) is 5.75 Å². The van der Waals surface area contributed by atoms with E-state index < -0.39 is 5.97 Å². The molecule has 0 radical (unpaired) electrons. The number of ether oxygens (including phenoxy) is 1. The Hall–Kier alpha value is -2.23. The first-order chi connectivity index (χ1) is 8.13. The summed E-state index contributed by atoms with van der Waals surface area (Å²) in [5.74, 6) is -0.167. The molecule has 0 fully saturated rings. The van der Waals surface area contributed by atoms with E-state index in [1.54, 1.807) is 19.4 Å². The Balaban J connectivity index is 2.50. The normalized spacial score (nSPS) is 10.2. The molecule has 2 aromatic rings. The average Bonchev–Trinajstić information content (AvgIpc) is 2.77. The quantitative estimate of drug-likeness (QED) is 0.853. The number of benzene rings is 1. The fourth-order valence-corrected chi connectivity index (χ4v) is 1.83. The number of nitrogens with one attached hydrogen (secondary N) is 1. The van der Waals surface area contributed by atoms with Crippen molar-refractivity contribution in [1.82, 2.24) is 4.98 Å². The van der Waals surface area contributed by atoms with Crippen LogP contribution in [-0.2, 0) is 0 Å². The predicted octanol–water partition coefficient (Wildman–Crippen LogP) is 2.70. The molecule has 4 heteroatoms. The van der Waals surface area contributed by atoms with Gasteiger partial charge in [0.1, 0.15) is 11.4 Å². The average molecular weight is 231 g/mol. The van der Waals surface area contributed by atoms with E-state index in [-0.39, 0.29) is 5.69 Å². The van der Waals surface area contributed by atoms with Crippen LogP contribution in [0.1, 0.15) is 16.1 Å². The molecule has 0 spiro atoms. The molecule has 0 unspecified atom stereocenters. The maximum Gasteiger partial charge on any atom is 0.352 e. The molecule has 0 aliphatic carbocycles. The zero-order valence-electron chi connectivity index (χ0n) is 9.65. The number of H-pyrrole nitrogens is 1. The van der Waals surface area contributed by atoms with Gasteiger partial charge in [0, 0.05) is 11.8 Å². The first-order valence-electron chi connectivity index (χ1n) is 5.19. The van der Waals surface area contributed by atoms with Crippen molar-refractivity contribution in [2.24, 2.45) is 0 Å². The second kappa shape index (κ2) is 4.33. The number of aromatic carboxylic acids is 1. The molecular formula is C13H13NO3. The Labute approximate surface area is 98.9 Å². The fraction of sp³-hybridized carbons (Fsp3) is 0.154. The number of carboxylic acids is 1. The summed E-state index contributed by atoms with van der Waals surface area (Å²) in [6.45, 7) is 1.93. The molecule has 0 aliphatic rings. The van der Waals surface area contributed by atoms with Crippen LogP contribution >= 0.6 is 0 Å². The zero-order valence-corrected chi connectivity index (χ0v) is 9.65. The summed E-state index contributed by atoms with van der Waals surface area (Å²) in [7, 11) is 1.61. The van der Waals surface area contributed by atoms with E-state index in [1.165, 1.54) is 0 Å². The van der Waals surface area contributed by atoms with Crippen LogP contribution in [0.15, 0.2) is 30.5 Å². The summed E-state index contributed by atoms with van der Waals surface area (Å²) >= 11 is 0. The Kier molecular flexibility index (Phi) is 2.87. The molecule has 0 atom stereocenters. The van der Waals surface area contributed by atoms with Gasteiger partial charge in [-0.05, 0) is 36.2 Å². The van der Waals surface area contributed by atoms with Crippen LogP contribution in [0.3, 0.4) is 0 Å². The predicted molar refractivity (Wildman–Crippen MR) is 64.5 cm³/mol. The third kappa shape index (κ3) is 2.01. The van der Waals surface area contributed by atoms with Gasteiger partial charge in [-0.2, -0.15) is 0 Å². The van der Waals surface area contributed by atoms with Crippen LogP contribution in [-0.4, -0.2) is 23.2 Å². The van der Waals surface area contributed by atoms with Crippen LogP contribution in [0.2, 0.25) is 0 Å². The van der Waals surface area contributed by atoms with Crippen LogP contribution in [0, 0.1) is 6.92 Å². The van der Waals surface area contributed by atoms with E-state index in [0.29, 0.717) is 5.56 Å². The molecule has 4 nitrogen and oxygen atoms in total. The lowest BCUT2D eigenvalue weighted by molar-refractivity contribution is 0.0692. The van der Waals surface area contributed by atoms with Crippen molar-refractivity contribution in [3.05, 3.63) is 41.7 Å². The van der Waals surface area contributed by atoms with E-state index in [4.69, 9.17) is 9.84 Å². The Morgan fingerprint density at radius 2 is 2.12 bits per heavy atom. The first-order valence-corrected chi connectivity index (χ1v) is 5.19. The lowest BCUT2D eigenvalue weighted by atomic mass is 10.0. The summed E-state index contributed by atoms with van der Waals surface area (Å²) in [6.07, 6.45) is 1.62. The SMILES string of the molecule is COc1ccc(-c2cc[nH]c2C(=O)O)cc1C. The summed E-state index contributed by atoms with van der Waals surface area (Å²) in [4.78, 5) is 13.7. The monoisotopic (exact) mass is 231 g/mol. The molecule has 17 heavy (non-hydrogen) atoms. The molecule has 0 bridgehead atoms. The third-order valence-electron chi connectivity index (χ3n) is 2.67.